The van der Waals surface area contributed by atoms with Crippen molar-refractivity contribution in [2.24, 2.45) is 0 Å². The Balaban J connectivity index is 1.33. The van der Waals surface area contributed by atoms with Crippen LogP contribution in [0, 0.1) is 0 Å². The highest BCUT2D eigenvalue weighted by molar-refractivity contribution is 6.06. The minimum atomic E-state index is -4.49. The normalized spacial score (nSPS) is 17.2. The molecule has 2 amide bonds. The molecule has 2 N–H and O–H groups in total. The van der Waals surface area contributed by atoms with Crippen LogP contribution in [-0.4, -0.2) is 64.4 Å². The highest BCUT2D eigenvalue weighted by Gasteiger charge is 2.30. The van der Waals surface area contributed by atoms with Crippen molar-refractivity contribution in [1.29, 1.82) is 0 Å². The second kappa shape index (κ2) is 12.7. The summed E-state index contributed by atoms with van der Waals surface area (Å²) in [6.45, 7) is 3.78. The number of ether oxygens (including phenoxy) is 2. The zero-order chi connectivity index (χ0) is 29.7. The van der Waals surface area contributed by atoms with E-state index >= 15 is 0 Å². The Hall–Kier alpha value is -4.25. The fraction of sp³-hybridized carbons (Fsp3) is 0.355. The maximum absolute atomic E-state index is 13.4. The summed E-state index contributed by atoms with van der Waals surface area (Å²) in [6, 6.07) is 16.9. The molecule has 2 saturated heterocycles. The number of amides is 2. The van der Waals surface area contributed by atoms with Crippen molar-refractivity contribution in [2.45, 2.75) is 25.1 Å². The highest BCUT2D eigenvalue weighted by Crippen LogP contribution is 2.32. The number of methoxy groups -OCH3 is 1. The van der Waals surface area contributed by atoms with Crippen LogP contribution >= 0.6 is 0 Å². The lowest BCUT2D eigenvalue weighted by atomic mass is 10.1. The lowest BCUT2D eigenvalue weighted by molar-refractivity contribution is -0.137. The first kappa shape index (κ1) is 29.2. The summed E-state index contributed by atoms with van der Waals surface area (Å²) < 4.78 is 49.9. The first-order valence-corrected chi connectivity index (χ1v) is 13.9. The molecule has 1 atom stereocenters. The summed E-state index contributed by atoms with van der Waals surface area (Å²) in [5, 5.41) is 5.68. The number of hydrogen-bond donors (Lipinski definition) is 2. The summed E-state index contributed by atoms with van der Waals surface area (Å²) in [6.07, 6.45) is -2.70. The molecule has 0 bridgehead atoms. The van der Waals surface area contributed by atoms with Crippen molar-refractivity contribution in [1.82, 2.24) is 5.32 Å². The third-order valence-corrected chi connectivity index (χ3v) is 7.53. The van der Waals surface area contributed by atoms with E-state index in [-0.39, 0.29) is 17.6 Å². The van der Waals surface area contributed by atoms with Crippen molar-refractivity contribution in [3.05, 3.63) is 83.4 Å². The molecule has 222 valence electrons. The number of hydrogen-bond acceptors (Lipinski definition) is 6. The van der Waals surface area contributed by atoms with Gasteiger partial charge in [0.1, 0.15) is 5.75 Å². The number of rotatable bonds is 8. The van der Waals surface area contributed by atoms with E-state index in [4.69, 9.17) is 9.47 Å². The van der Waals surface area contributed by atoms with E-state index in [2.05, 4.69) is 20.4 Å². The standard InChI is InChI=1S/C31H33F3N4O4/c1-41-28-7-3-2-6-27(28)38-16-14-37(15-17-38)26-13-12-23(19-25(26)30(40)35-20-24-5-4-18-42-24)36-29(39)21-8-10-22(11-9-21)31(32,33)34/h2-3,6-13,19,24H,4-5,14-18,20H2,1H3,(H,35,40)(H,36,39). The van der Waals surface area contributed by atoms with Crippen LogP contribution in [0.3, 0.4) is 0 Å². The molecule has 2 aliphatic heterocycles. The summed E-state index contributed by atoms with van der Waals surface area (Å²) in [4.78, 5) is 30.6. The molecule has 5 rings (SSSR count). The Bertz CT molecular complexity index is 1400. The maximum atomic E-state index is 13.4. The van der Waals surface area contributed by atoms with Gasteiger partial charge in [0, 0.05) is 56.3 Å². The molecule has 3 aromatic carbocycles. The van der Waals surface area contributed by atoms with Gasteiger partial charge >= 0.3 is 6.18 Å². The van der Waals surface area contributed by atoms with Gasteiger partial charge in [-0.1, -0.05) is 12.1 Å². The van der Waals surface area contributed by atoms with Crippen LogP contribution in [0.2, 0.25) is 0 Å². The number of nitrogens with one attached hydrogen (secondary N) is 2. The van der Waals surface area contributed by atoms with Gasteiger partial charge in [-0.3, -0.25) is 9.59 Å². The number of halogens is 3. The van der Waals surface area contributed by atoms with Crippen LogP contribution in [0.15, 0.2) is 66.7 Å². The zero-order valence-corrected chi connectivity index (χ0v) is 23.2. The van der Waals surface area contributed by atoms with Crippen LogP contribution in [0.25, 0.3) is 0 Å². The fourth-order valence-corrected chi connectivity index (χ4v) is 5.27. The van der Waals surface area contributed by atoms with Crippen LogP contribution < -0.4 is 25.2 Å². The van der Waals surface area contributed by atoms with Crippen LogP contribution in [-0.2, 0) is 10.9 Å². The Morgan fingerprint density at radius 1 is 0.929 bits per heavy atom. The van der Waals surface area contributed by atoms with Gasteiger partial charge in [-0.25, -0.2) is 0 Å². The molecule has 2 heterocycles. The molecule has 1 unspecified atom stereocenters. The molecule has 2 fully saturated rings. The van der Waals surface area contributed by atoms with Crippen LogP contribution in [0.4, 0.5) is 30.2 Å². The minimum Gasteiger partial charge on any atom is -0.495 e. The quantitative estimate of drug-likeness (QED) is 0.380. The molecule has 42 heavy (non-hydrogen) atoms. The predicted octanol–water partition coefficient (Wildman–Crippen LogP) is 5.20. The van der Waals surface area contributed by atoms with Gasteiger partial charge in [0.25, 0.3) is 11.8 Å². The molecule has 3 aromatic rings. The largest absolute Gasteiger partial charge is 0.495 e. The number of alkyl halides is 3. The van der Waals surface area contributed by atoms with E-state index in [1.807, 2.05) is 24.3 Å². The number of piperazine rings is 1. The summed E-state index contributed by atoms with van der Waals surface area (Å²) in [7, 11) is 1.65. The van der Waals surface area contributed by atoms with E-state index < -0.39 is 17.6 Å². The van der Waals surface area contributed by atoms with E-state index in [1.165, 1.54) is 0 Å². The second-order valence-corrected chi connectivity index (χ2v) is 10.3. The molecule has 2 aliphatic rings. The van der Waals surface area contributed by atoms with E-state index in [0.29, 0.717) is 50.6 Å². The SMILES string of the molecule is COc1ccccc1N1CCN(c2ccc(NC(=O)c3ccc(C(F)(F)F)cc3)cc2C(=O)NCC2CCCO2)CC1. The van der Waals surface area contributed by atoms with Gasteiger partial charge in [-0.15, -0.1) is 0 Å². The first-order valence-electron chi connectivity index (χ1n) is 13.9. The van der Waals surface area contributed by atoms with Gasteiger partial charge in [0.2, 0.25) is 0 Å². The Morgan fingerprint density at radius 2 is 1.62 bits per heavy atom. The van der Waals surface area contributed by atoms with Crippen molar-refractivity contribution in [2.75, 3.05) is 61.6 Å². The Morgan fingerprint density at radius 3 is 2.26 bits per heavy atom. The minimum absolute atomic E-state index is 0.0376. The molecule has 0 aliphatic carbocycles. The second-order valence-electron chi connectivity index (χ2n) is 10.3. The molecule has 11 heteroatoms. The molecule has 0 aromatic heterocycles. The van der Waals surface area contributed by atoms with Gasteiger partial charge < -0.3 is 29.9 Å². The molecular weight excluding hydrogens is 549 g/mol. The molecule has 0 saturated carbocycles. The van der Waals surface area contributed by atoms with Crippen molar-refractivity contribution < 1.29 is 32.2 Å². The van der Waals surface area contributed by atoms with Gasteiger partial charge in [-0.2, -0.15) is 13.2 Å². The Labute approximate surface area is 242 Å². The number of carbonyl (C=O) groups is 2. The molecule has 8 nitrogen and oxygen atoms in total. The maximum Gasteiger partial charge on any atom is 0.416 e. The topological polar surface area (TPSA) is 83.1 Å². The number of carbonyl (C=O) groups excluding carboxylic acids is 2. The summed E-state index contributed by atoms with van der Waals surface area (Å²) in [5.41, 5.74) is 1.73. The first-order chi connectivity index (χ1) is 20.2. The predicted molar refractivity (Wildman–Crippen MR) is 155 cm³/mol. The molecule has 0 radical (unpaired) electrons. The third-order valence-electron chi connectivity index (χ3n) is 7.53. The average molecular weight is 583 g/mol. The monoisotopic (exact) mass is 582 g/mol. The number of benzene rings is 3. The van der Waals surface area contributed by atoms with Crippen LogP contribution in [0.1, 0.15) is 39.1 Å². The van der Waals surface area contributed by atoms with Crippen molar-refractivity contribution in [3.8, 4) is 5.75 Å². The van der Waals surface area contributed by atoms with Crippen molar-refractivity contribution >= 4 is 28.9 Å². The Kier molecular flexibility index (Phi) is 8.86. The van der Waals surface area contributed by atoms with E-state index in [0.717, 1.165) is 54.2 Å². The summed E-state index contributed by atoms with van der Waals surface area (Å²) >= 11 is 0. The highest BCUT2D eigenvalue weighted by atomic mass is 19.4. The van der Waals surface area contributed by atoms with Gasteiger partial charge in [0.15, 0.2) is 0 Å². The number of nitrogens with zero attached hydrogens (tertiary/aromatic N) is 2. The number of para-hydroxylation sites is 2. The number of anilines is 3. The summed E-state index contributed by atoms with van der Waals surface area (Å²) in [5.74, 6) is -0.0702. The average Bonchev–Trinajstić information content (AvgIpc) is 3.53. The van der Waals surface area contributed by atoms with Crippen molar-refractivity contribution in [3.63, 3.8) is 0 Å². The smallest absolute Gasteiger partial charge is 0.416 e. The molecular formula is C31H33F3N4O4. The van der Waals surface area contributed by atoms with Gasteiger partial charge in [0.05, 0.1) is 30.0 Å². The lowest BCUT2D eigenvalue weighted by Gasteiger charge is -2.38. The van der Waals surface area contributed by atoms with Gasteiger partial charge in [-0.05, 0) is 67.4 Å². The molecule has 0 spiro atoms. The third kappa shape index (κ3) is 6.79. The lowest BCUT2D eigenvalue weighted by Crippen LogP contribution is -2.47. The van der Waals surface area contributed by atoms with E-state index in [1.54, 1.807) is 25.3 Å². The van der Waals surface area contributed by atoms with Crippen LogP contribution in [0.5, 0.6) is 5.75 Å². The zero-order valence-electron chi connectivity index (χ0n) is 23.2. The fourth-order valence-electron chi connectivity index (χ4n) is 5.27. The van der Waals surface area contributed by atoms with E-state index in [9.17, 15) is 22.8 Å².